The van der Waals surface area contributed by atoms with Crippen LogP contribution in [0.3, 0.4) is 0 Å². The van der Waals surface area contributed by atoms with E-state index >= 15 is 0 Å². The molecule has 32 heavy (non-hydrogen) atoms. The zero-order valence-corrected chi connectivity index (χ0v) is 21.7. The van der Waals surface area contributed by atoms with Crippen molar-refractivity contribution < 1.29 is 22.7 Å². The number of carboxylic acid groups (broad SMARTS) is 1. The van der Waals surface area contributed by atoms with E-state index in [0.29, 0.717) is 17.3 Å². The van der Waals surface area contributed by atoms with Crippen LogP contribution >= 0.6 is 0 Å². The van der Waals surface area contributed by atoms with Gasteiger partial charge in [0.1, 0.15) is 5.52 Å². The summed E-state index contributed by atoms with van der Waals surface area (Å²) in [7, 11) is -6.09. The van der Waals surface area contributed by atoms with Crippen LogP contribution in [0, 0.1) is 6.92 Å². The largest absolute Gasteiger partial charge is 0.540 e. The van der Waals surface area contributed by atoms with Gasteiger partial charge in [-0.05, 0) is 41.6 Å². The maximum absolute atomic E-state index is 12.7. The lowest BCUT2D eigenvalue weighted by molar-refractivity contribution is 0.0688. The van der Waals surface area contributed by atoms with Crippen molar-refractivity contribution in [2.75, 3.05) is 16.6 Å². The van der Waals surface area contributed by atoms with E-state index in [2.05, 4.69) is 51.5 Å². The van der Waals surface area contributed by atoms with Crippen molar-refractivity contribution in [3.8, 4) is 5.75 Å². The minimum absolute atomic E-state index is 0.0141. The normalized spacial score (nSPS) is 16.5. The third kappa shape index (κ3) is 3.87. The first-order valence-corrected chi connectivity index (χ1v) is 14.8. The Labute approximate surface area is 191 Å². The predicted molar refractivity (Wildman–Crippen MR) is 129 cm³/mol. The number of sulfonamides is 1. The van der Waals surface area contributed by atoms with Crippen molar-refractivity contribution in [3.63, 3.8) is 0 Å². The molecule has 1 N–H and O–H groups in total. The molecule has 0 atom stereocenters. The molecule has 2 aromatic heterocycles. The van der Waals surface area contributed by atoms with E-state index < -0.39 is 24.3 Å². The number of anilines is 1. The van der Waals surface area contributed by atoms with Crippen LogP contribution < -0.4 is 8.73 Å². The number of hydrogen-bond donors (Lipinski definition) is 1. The van der Waals surface area contributed by atoms with Crippen molar-refractivity contribution in [2.24, 2.45) is 0 Å². The quantitative estimate of drug-likeness (QED) is 0.572. The van der Waals surface area contributed by atoms with Gasteiger partial charge in [0, 0.05) is 12.7 Å². The summed E-state index contributed by atoms with van der Waals surface area (Å²) in [5, 5.41) is 10.6. The van der Waals surface area contributed by atoms with Gasteiger partial charge in [-0.2, -0.15) is 0 Å². The molecule has 0 bridgehead atoms. The summed E-state index contributed by atoms with van der Waals surface area (Å²) in [5.74, 6) is -0.972. The van der Waals surface area contributed by atoms with Crippen molar-refractivity contribution in [2.45, 2.75) is 71.5 Å². The molecule has 1 saturated heterocycles. The summed E-state index contributed by atoms with van der Waals surface area (Å²) in [5.41, 5.74) is 1.47. The number of fused-ring (bicyclic) bond motifs is 1. The smallest absolute Gasteiger partial charge is 0.358 e. The van der Waals surface area contributed by atoms with Crippen LogP contribution in [0.2, 0.25) is 16.6 Å². The molecule has 3 rings (SSSR count). The van der Waals surface area contributed by atoms with Gasteiger partial charge in [0.25, 0.3) is 8.32 Å². The van der Waals surface area contributed by atoms with Crippen molar-refractivity contribution in [1.82, 2.24) is 9.97 Å². The van der Waals surface area contributed by atoms with Crippen molar-refractivity contribution in [3.05, 3.63) is 23.5 Å². The Hall–Kier alpha value is -2.20. The molecular weight excluding hydrogens is 446 g/mol. The van der Waals surface area contributed by atoms with Gasteiger partial charge in [0.05, 0.1) is 11.1 Å². The van der Waals surface area contributed by atoms with Crippen LogP contribution in [0.15, 0.2) is 12.3 Å². The number of pyridine rings is 2. The summed E-state index contributed by atoms with van der Waals surface area (Å²) >= 11 is 0. The van der Waals surface area contributed by atoms with Gasteiger partial charge >= 0.3 is 5.97 Å². The molecule has 0 amide bonds. The predicted octanol–water partition coefficient (Wildman–Crippen LogP) is 4.73. The molecule has 3 heterocycles. The first-order chi connectivity index (χ1) is 14.8. The zero-order valence-electron chi connectivity index (χ0n) is 19.8. The Morgan fingerprint density at radius 2 is 1.75 bits per heavy atom. The average molecular weight is 480 g/mol. The molecule has 10 heteroatoms. The standard InChI is InChI=1S/C22H33N3O5SSi/c1-13(2)32(14(3)4,15(5)6)30-20-18-17(16(7)9-10-23-18)21(24-19(20)22(26)27)25-11-8-12-31(25,28)29/h9-10,13-15H,8,11-12H2,1-7H3,(H,26,27). The minimum Gasteiger partial charge on any atom is -0.540 e. The molecule has 0 radical (unpaired) electrons. The third-order valence-corrected chi connectivity index (χ3v) is 14.4. The molecule has 0 aliphatic carbocycles. The van der Waals surface area contributed by atoms with Crippen molar-refractivity contribution in [1.29, 1.82) is 0 Å². The molecule has 8 nitrogen and oxygen atoms in total. The van der Waals surface area contributed by atoms with E-state index in [1.807, 2.05) is 6.92 Å². The molecule has 176 valence electrons. The van der Waals surface area contributed by atoms with E-state index in [1.165, 1.54) is 4.31 Å². The monoisotopic (exact) mass is 479 g/mol. The highest BCUT2D eigenvalue weighted by atomic mass is 32.2. The summed E-state index contributed by atoms with van der Waals surface area (Å²) in [6.07, 6.45) is 2.07. The average Bonchev–Trinajstić information content (AvgIpc) is 3.03. The van der Waals surface area contributed by atoms with Crippen molar-refractivity contribution >= 4 is 41.0 Å². The number of aryl methyl sites for hydroxylation is 1. The molecule has 0 unspecified atom stereocenters. The minimum atomic E-state index is -3.56. The second-order valence-electron chi connectivity index (χ2n) is 9.43. The lowest BCUT2D eigenvalue weighted by Gasteiger charge is -2.42. The molecule has 1 aliphatic heterocycles. The number of rotatable bonds is 7. The van der Waals surface area contributed by atoms with Gasteiger partial charge in [-0.3, -0.25) is 9.29 Å². The Balaban J connectivity index is 2.40. The Kier molecular flexibility index (Phi) is 6.59. The number of nitrogens with zero attached hydrogens (tertiary/aromatic N) is 3. The van der Waals surface area contributed by atoms with E-state index in [0.717, 1.165) is 5.56 Å². The fraction of sp³-hybridized carbons (Fsp3) is 0.591. The first kappa shape index (κ1) is 24.4. The lowest BCUT2D eigenvalue weighted by atomic mass is 10.1. The van der Waals surface area contributed by atoms with Gasteiger partial charge in [0.15, 0.2) is 17.3 Å². The topological polar surface area (TPSA) is 110 Å². The molecule has 0 saturated carbocycles. The zero-order chi connectivity index (χ0) is 24.0. The number of aromatic nitrogens is 2. The van der Waals surface area contributed by atoms with Crippen LogP contribution in [-0.4, -0.2) is 50.1 Å². The van der Waals surface area contributed by atoms with Crippen LogP contribution in [0.5, 0.6) is 5.75 Å². The fourth-order valence-electron chi connectivity index (χ4n) is 5.17. The summed E-state index contributed by atoms with van der Waals surface area (Å²) in [6, 6.07) is 1.78. The van der Waals surface area contributed by atoms with E-state index in [9.17, 15) is 18.3 Å². The van der Waals surface area contributed by atoms with Gasteiger partial charge in [-0.25, -0.2) is 18.2 Å². The van der Waals surface area contributed by atoms with E-state index in [1.54, 1.807) is 12.3 Å². The Bertz CT molecular complexity index is 1130. The maximum atomic E-state index is 12.7. The molecule has 2 aromatic rings. The van der Waals surface area contributed by atoms with Crippen LogP contribution in [-0.2, 0) is 10.0 Å². The first-order valence-electron chi connectivity index (χ1n) is 11.1. The lowest BCUT2D eigenvalue weighted by Crippen LogP contribution is -2.51. The second-order valence-corrected chi connectivity index (χ2v) is 16.8. The van der Waals surface area contributed by atoms with Crippen LogP contribution in [0.4, 0.5) is 5.82 Å². The van der Waals surface area contributed by atoms with Crippen LogP contribution in [0.25, 0.3) is 10.9 Å². The Morgan fingerprint density at radius 1 is 1.16 bits per heavy atom. The highest BCUT2D eigenvalue weighted by Gasteiger charge is 2.48. The molecule has 1 fully saturated rings. The highest BCUT2D eigenvalue weighted by molar-refractivity contribution is 7.93. The maximum Gasteiger partial charge on any atom is 0.358 e. The van der Waals surface area contributed by atoms with E-state index in [4.69, 9.17) is 4.43 Å². The number of carboxylic acids is 1. The summed E-state index contributed by atoms with van der Waals surface area (Å²) < 4.78 is 33.3. The number of aromatic carboxylic acids is 1. The highest BCUT2D eigenvalue weighted by Crippen LogP contribution is 2.46. The summed E-state index contributed by atoms with van der Waals surface area (Å²) in [6.45, 7) is 14.8. The second kappa shape index (κ2) is 8.62. The molecule has 0 spiro atoms. The van der Waals surface area contributed by atoms with Crippen LogP contribution in [0.1, 0.15) is 64.0 Å². The van der Waals surface area contributed by atoms with Gasteiger partial charge in [0.2, 0.25) is 10.0 Å². The fourth-order valence-corrected chi connectivity index (χ4v) is 11.9. The molecule has 1 aliphatic rings. The molecule has 0 aromatic carbocycles. The number of carbonyl (C=O) groups is 1. The number of hydrogen-bond acceptors (Lipinski definition) is 6. The van der Waals surface area contributed by atoms with Gasteiger partial charge < -0.3 is 9.53 Å². The third-order valence-electron chi connectivity index (χ3n) is 6.55. The molecular formula is C22H33N3O5SSi. The van der Waals surface area contributed by atoms with Gasteiger partial charge in [-0.15, -0.1) is 0 Å². The Morgan fingerprint density at radius 3 is 2.22 bits per heavy atom. The SMILES string of the molecule is Cc1ccnc2c(O[Si](C(C)C)(C(C)C)C(C)C)c(C(=O)O)nc(N3CCCS3(=O)=O)c12. The van der Waals surface area contributed by atoms with E-state index in [-0.39, 0.29) is 46.2 Å². The van der Waals surface area contributed by atoms with Gasteiger partial charge in [-0.1, -0.05) is 41.5 Å². The summed E-state index contributed by atoms with van der Waals surface area (Å²) in [4.78, 5) is 21.3.